The molecule has 0 saturated carbocycles. The highest BCUT2D eigenvalue weighted by Crippen LogP contribution is 2.25. The fraction of sp³-hybridized carbons (Fsp3) is 0.250. The maximum absolute atomic E-state index is 12.8. The van der Waals surface area contributed by atoms with Gasteiger partial charge in [0.25, 0.3) is 0 Å². The molecule has 0 aliphatic carbocycles. The van der Waals surface area contributed by atoms with Crippen LogP contribution >= 0.6 is 11.8 Å². The Balaban J connectivity index is 1.55. The zero-order valence-electron chi connectivity index (χ0n) is 20.2. The minimum atomic E-state index is 0.0522. The van der Waals surface area contributed by atoms with Crippen LogP contribution in [0.25, 0.3) is 5.69 Å². The predicted molar refractivity (Wildman–Crippen MR) is 139 cm³/mol. The molecule has 7 heteroatoms. The highest BCUT2D eigenvalue weighted by atomic mass is 32.2. The number of carbonyl (C=O) groups is 1. The van der Waals surface area contributed by atoms with Crippen molar-refractivity contribution in [1.82, 2.24) is 14.8 Å². The molecule has 0 bridgehead atoms. The molecule has 0 atom stereocenters. The smallest absolute Gasteiger partial charge is 0.196 e. The third kappa shape index (κ3) is 6.31. The van der Waals surface area contributed by atoms with E-state index in [1.165, 1.54) is 22.9 Å². The van der Waals surface area contributed by atoms with Crippen molar-refractivity contribution in [3.05, 3.63) is 95.3 Å². The van der Waals surface area contributed by atoms with Crippen molar-refractivity contribution in [3.8, 4) is 17.2 Å². The molecule has 0 unspecified atom stereocenters. The number of thioether (sulfide) groups is 1. The van der Waals surface area contributed by atoms with Crippen LogP contribution < -0.4 is 9.47 Å². The number of hydrogen-bond acceptors (Lipinski definition) is 6. The number of rotatable bonds is 11. The van der Waals surface area contributed by atoms with Crippen LogP contribution in [0.5, 0.6) is 11.5 Å². The number of Topliss-reactive ketones (excluding diaryl/α,β-unsaturated/α-hetero) is 1. The van der Waals surface area contributed by atoms with Crippen molar-refractivity contribution < 1.29 is 14.3 Å². The summed E-state index contributed by atoms with van der Waals surface area (Å²) in [5.74, 6) is 2.52. The van der Waals surface area contributed by atoms with E-state index in [1.54, 1.807) is 0 Å². The van der Waals surface area contributed by atoms with E-state index in [1.807, 2.05) is 91.2 Å². The minimum Gasteiger partial charge on any atom is -0.494 e. The van der Waals surface area contributed by atoms with Crippen molar-refractivity contribution in [2.24, 2.45) is 0 Å². The number of aryl methyl sites for hydroxylation is 2. The second-order valence-corrected chi connectivity index (χ2v) is 8.97. The normalized spacial score (nSPS) is 10.8. The van der Waals surface area contributed by atoms with E-state index in [9.17, 15) is 4.79 Å². The summed E-state index contributed by atoms with van der Waals surface area (Å²) in [6, 6.07) is 23.4. The van der Waals surface area contributed by atoms with Crippen LogP contribution in [0.4, 0.5) is 0 Å². The van der Waals surface area contributed by atoms with Crippen LogP contribution in [0.3, 0.4) is 0 Å². The summed E-state index contributed by atoms with van der Waals surface area (Å²) in [5, 5.41) is 9.40. The highest BCUT2D eigenvalue weighted by molar-refractivity contribution is 7.99. The van der Waals surface area contributed by atoms with Crippen LogP contribution in [0.2, 0.25) is 0 Å². The summed E-state index contributed by atoms with van der Waals surface area (Å²) in [7, 11) is 0. The van der Waals surface area contributed by atoms with Crippen molar-refractivity contribution in [2.75, 3.05) is 12.4 Å². The van der Waals surface area contributed by atoms with Crippen LogP contribution in [-0.2, 0) is 13.0 Å². The van der Waals surface area contributed by atoms with Gasteiger partial charge in [0.15, 0.2) is 16.8 Å². The first-order valence-electron chi connectivity index (χ1n) is 11.7. The maximum atomic E-state index is 12.8. The van der Waals surface area contributed by atoms with Crippen molar-refractivity contribution in [2.45, 2.75) is 39.0 Å². The largest absolute Gasteiger partial charge is 0.494 e. The Labute approximate surface area is 210 Å². The fourth-order valence-electron chi connectivity index (χ4n) is 3.53. The summed E-state index contributed by atoms with van der Waals surface area (Å²) >= 11 is 1.37. The molecule has 0 fully saturated rings. The molecule has 0 amide bonds. The van der Waals surface area contributed by atoms with E-state index in [4.69, 9.17) is 9.47 Å². The Kier molecular flexibility index (Phi) is 8.21. The summed E-state index contributed by atoms with van der Waals surface area (Å²) in [6.07, 6.45) is 0.946. The summed E-state index contributed by atoms with van der Waals surface area (Å²) in [4.78, 5) is 12.8. The Morgan fingerprint density at radius 2 is 1.51 bits per heavy atom. The van der Waals surface area contributed by atoms with Gasteiger partial charge in [0.1, 0.15) is 18.1 Å². The molecule has 35 heavy (non-hydrogen) atoms. The molecule has 4 rings (SSSR count). The van der Waals surface area contributed by atoms with Crippen LogP contribution in [0.15, 0.2) is 78.0 Å². The van der Waals surface area contributed by atoms with E-state index < -0.39 is 0 Å². The van der Waals surface area contributed by atoms with Crippen LogP contribution in [0, 0.1) is 6.92 Å². The third-order valence-electron chi connectivity index (χ3n) is 5.51. The first-order chi connectivity index (χ1) is 17.1. The number of ketones is 1. The number of carbonyl (C=O) groups excluding carboxylic acids is 1. The van der Waals surface area contributed by atoms with Crippen molar-refractivity contribution in [1.29, 1.82) is 0 Å². The van der Waals surface area contributed by atoms with E-state index in [-0.39, 0.29) is 18.1 Å². The second-order valence-electron chi connectivity index (χ2n) is 8.03. The first-order valence-corrected chi connectivity index (χ1v) is 12.7. The van der Waals surface area contributed by atoms with Gasteiger partial charge in [0.2, 0.25) is 0 Å². The van der Waals surface area contributed by atoms with Gasteiger partial charge >= 0.3 is 0 Å². The lowest BCUT2D eigenvalue weighted by Crippen LogP contribution is -2.08. The van der Waals surface area contributed by atoms with E-state index >= 15 is 0 Å². The lowest BCUT2D eigenvalue weighted by Gasteiger charge is -2.12. The van der Waals surface area contributed by atoms with Gasteiger partial charge in [-0.1, -0.05) is 60.6 Å². The van der Waals surface area contributed by atoms with Gasteiger partial charge in [-0.15, -0.1) is 10.2 Å². The third-order valence-corrected chi connectivity index (χ3v) is 6.44. The topological polar surface area (TPSA) is 66.2 Å². The molecule has 0 saturated heterocycles. The average molecular weight is 488 g/mol. The Bertz CT molecular complexity index is 1250. The highest BCUT2D eigenvalue weighted by Gasteiger charge is 2.17. The van der Waals surface area contributed by atoms with Gasteiger partial charge in [0, 0.05) is 11.3 Å². The Hall–Kier alpha value is -3.58. The molecule has 180 valence electrons. The molecular formula is C28H29N3O3S. The summed E-state index contributed by atoms with van der Waals surface area (Å²) in [6.45, 7) is 6.94. The molecule has 0 aliphatic rings. The predicted octanol–water partition coefficient (Wildman–Crippen LogP) is 6.09. The summed E-state index contributed by atoms with van der Waals surface area (Å²) < 4.78 is 13.5. The minimum absolute atomic E-state index is 0.0522. The van der Waals surface area contributed by atoms with Crippen LogP contribution in [-0.4, -0.2) is 32.9 Å². The Morgan fingerprint density at radius 3 is 2.17 bits per heavy atom. The molecule has 0 N–H and O–H groups in total. The second kappa shape index (κ2) is 11.7. The zero-order valence-corrected chi connectivity index (χ0v) is 21.0. The molecule has 0 aliphatic heterocycles. The molecular weight excluding hydrogens is 458 g/mol. The quantitative estimate of drug-likeness (QED) is 0.188. The zero-order chi connectivity index (χ0) is 24.6. The Morgan fingerprint density at radius 1 is 0.857 bits per heavy atom. The molecule has 3 aromatic carbocycles. The molecule has 4 aromatic rings. The van der Waals surface area contributed by atoms with Gasteiger partial charge in [-0.05, 0) is 62.2 Å². The standard InChI is InChI=1S/C28H29N3O3S/c1-4-21-8-10-22(11-9-21)26(32)19-35-28-30-29-27(18-34-25-14-6-20(3)7-15-25)31(28)23-12-16-24(17-13-23)33-5-2/h6-17H,4-5,18-19H2,1-3H3. The fourth-order valence-corrected chi connectivity index (χ4v) is 4.39. The molecule has 0 spiro atoms. The number of benzene rings is 3. The number of hydrogen-bond donors (Lipinski definition) is 0. The van der Waals surface area contributed by atoms with E-state index in [2.05, 4.69) is 17.1 Å². The van der Waals surface area contributed by atoms with E-state index in [0.29, 0.717) is 23.2 Å². The van der Waals surface area contributed by atoms with E-state index in [0.717, 1.165) is 23.6 Å². The monoisotopic (exact) mass is 487 g/mol. The van der Waals surface area contributed by atoms with Crippen molar-refractivity contribution in [3.63, 3.8) is 0 Å². The molecule has 1 heterocycles. The molecule has 0 radical (unpaired) electrons. The van der Waals surface area contributed by atoms with Crippen LogP contribution in [0.1, 0.15) is 41.2 Å². The average Bonchev–Trinajstić information content (AvgIpc) is 3.30. The van der Waals surface area contributed by atoms with Crippen molar-refractivity contribution >= 4 is 17.5 Å². The lowest BCUT2D eigenvalue weighted by atomic mass is 10.1. The van der Waals surface area contributed by atoms with Gasteiger partial charge in [-0.3, -0.25) is 9.36 Å². The maximum Gasteiger partial charge on any atom is 0.196 e. The molecule has 6 nitrogen and oxygen atoms in total. The molecule has 1 aromatic heterocycles. The van der Waals surface area contributed by atoms with Gasteiger partial charge < -0.3 is 9.47 Å². The van der Waals surface area contributed by atoms with Gasteiger partial charge in [0.05, 0.1) is 12.4 Å². The first kappa shape index (κ1) is 24.5. The summed E-state index contributed by atoms with van der Waals surface area (Å²) in [5.41, 5.74) is 3.96. The number of ether oxygens (including phenoxy) is 2. The van der Waals surface area contributed by atoms with Gasteiger partial charge in [-0.2, -0.15) is 0 Å². The van der Waals surface area contributed by atoms with Gasteiger partial charge in [-0.25, -0.2) is 0 Å². The number of aromatic nitrogens is 3. The SMILES string of the molecule is CCOc1ccc(-n2c(COc3ccc(C)cc3)nnc2SCC(=O)c2ccc(CC)cc2)cc1. The number of nitrogens with zero attached hydrogens (tertiary/aromatic N) is 3. The lowest BCUT2D eigenvalue weighted by molar-refractivity contribution is 0.102.